The molecule has 33 heavy (non-hydrogen) atoms. The molecule has 0 atom stereocenters. The molecule has 0 radical (unpaired) electrons. The number of benzene rings is 3. The Morgan fingerprint density at radius 1 is 0.970 bits per heavy atom. The molecule has 0 saturated heterocycles. The quantitative estimate of drug-likeness (QED) is 0.283. The van der Waals surface area contributed by atoms with E-state index in [2.05, 4.69) is 20.0 Å². The molecule has 0 aliphatic rings. The minimum Gasteiger partial charge on any atom is -0.497 e. The second-order valence-corrected chi connectivity index (χ2v) is 8.83. The highest BCUT2D eigenvalue weighted by Gasteiger charge is 2.20. The lowest BCUT2D eigenvalue weighted by atomic mass is 10.2. The molecule has 3 aromatic carbocycles. The maximum Gasteiger partial charge on any atom is 0.289 e. The molecule has 0 fully saturated rings. The van der Waals surface area contributed by atoms with Crippen molar-refractivity contribution in [2.45, 2.75) is 4.90 Å². The second kappa shape index (κ2) is 8.88. The van der Waals surface area contributed by atoms with Crippen molar-refractivity contribution in [1.82, 2.24) is 9.97 Å². The number of rotatable bonds is 7. The lowest BCUT2D eigenvalue weighted by molar-refractivity contribution is -0.384. The van der Waals surface area contributed by atoms with Crippen molar-refractivity contribution < 1.29 is 18.1 Å². The highest BCUT2D eigenvalue weighted by Crippen LogP contribution is 2.31. The number of aromatic nitrogens is 2. The van der Waals surface area contributed by atoms with Gasteiger partial charge in [0.2, 0.25) is 0 Å². The SMILES string of the molecule is COc1ccc(S(=O)(=O)Nc2nc3ccccc3nc2Nc2ccc(Cl)c([N+](=O)[O-])c2)cc1. The number of nitro groups is 1. The van der Waals surface area contributed by atoms with Crippen LogP contribution in [0.15, 0.2) is 71.6 Å². The van der Waals surface area contributed by atoms with Crippen LogP contribution in [0.4, 0.5) is 23.0 Å². The van der Waals surface area contributed by atoms with Crippen molar-refractivity contribution in [2.75, 3.05) is 17.1 Å². The Kier molecular flexibility index (Phi) is 5.99. The monoisotopic (exact) mass is 485 g/mol. The third-order valence-electron chi connectivity index (χ3n) is 4.58. The smallest absolute Gasteiger partial charge is 0.289 e. The Morgan fingerprint density at radius 3 is 2.21 bits per heavy atom. The molecule has 0 aliphatic carbocycles. The van der Waals surface area contributed by atoms with Gasteiger partial charge in [-0.3, -0.25) is 14.8 Å². The lowest BCUT2D eigenvalue weighted by Crippen LogP contribution is -2.16. The Bertz CT molecular complexity index is 1460. The molecule has 4 rings (SSSR count). The third-order valence-corrected chi connectivity index (χ3v) is 6.25. The lowest BCUT2D eigenvalue weighted by Gasteiger charge is -2.14. The van der Waals surface area contributed by atoms with Crippen LogP contribution in [0.1, 0.15) is 0 Å². The van der Waals surface area contributed by atoms with Crippen LogP contribution in [0.25, 0.3) is 11.0 Å². The minimum absolute atomic E-state index is 0.00802. The van der Waals surface area contributed by atoms with Gasteiger partial charge in [-0.05, 0) is 48.5 Å². The molecule has 10 nitrogen and oxygen atoms in total. The molecule has 0 unspecified atom stereocenters. The van der Waals surface area contributed by atoms with Gasteiger partial charge in [0.15, 0.2) is 11.6 Å². The van der Waals surface area contributed by atoms with Crippen molar-refractivity contribution in [2.24, 2.45) is 0 Å². The number of para-hydroxylation sites is 2. The van der Waals surface area contributed by atoms with Gasteiger partial charge in [-0.2, -0.15) is 0 Å². The van der Waals surface area contributed by atoms with Gasteiger partial charge < -0.3 is 10.1 Å². The Labute approximate surface area is 193 Å². The van der Waals surface area contributed by atoms with Gasteiger partial charge in [-0.1, -0.05) is 23.7 Å². The summed E-state index contributed by atoms with van der Waals surface area (Å²) in [6, 6.07) is 16.8. The summed E-state index contributed by atoms with van der Waals surface area (Å²) in [5.41, 5.74) is 0.921. The topological polar surface area (TPSA) is 136 Å². The molecule has 0 saturated carbocycles. The molecule has 1 aromatic heterocycles. The van der Waals surface area contributed by atoms with Crippen LogP contribution in [0.3, 0.4) is 0 Å². The van der Waals surface area contributed by atoms with E-state index in [1.54, 1.807) is 24.3 Å². The van der Waals surface area contributed by atoms with Gasteiger partial charge >= 0.3 is 0 Å². The summed E-state index contributed by atoms with van der Waals surface area (Å²) in [7, 11) is -2.55. The highest BCUT2D eigenvalue weighted by atomic mass is 35.5. The van der Waals surface area contributed by atoms with Crippen molar-refractivity contribution in [3.8, 4) is 5.75 Å². The molecule has 0 aliphatic heterocycles. The van der Waals surface area contributed by atoms with Crippen LogP contribution in [-0.4, -0.2) is 30.4 Å². The van der Waals surface area contributed by atoms with Crippen LogP contribution < -0.4 is 14.8 Å². The van der Waals surface area contributed by atoms with Crippen LogP contribution in [0.2, 0.25) is 5.02 Å². The maximum atomic E-state index is 13.0. The summed E-state index contributed by atoms with van der Waals surface area (Å²) >= 11 is 5.88. The molecule has 4 aromatic rings. The summed E-state index contributed by atoms with van der Waals surface area (Å²) in [5, 5.41) is 14.1. The number of nitrogens with zero attached hydrogens (tertiary/aromatic N) is 3. The van der Waals surface area contributed by atoms with Crippen molar-refractivity contribution in [1.29, 1.82) is 0 Å². The maximum absolute atomic E-state index is 13.0. The average molecular weight is 486 g/mol. The molecule has 2 N–H and O–H groups in total. The van der Waals surface area contributed by atoms with Gasteiger partial charge in [0.05, 0.1) is 28.0 Å². The minimum atomic E-state index is -4.03. The third kappa shape index (κ3) is 4.78. The molecule has 0 spiro atoms. The second-order valence-electron chi connectivity index (χ2n) is 6.74. The Hall–Kier alpha value is -3.96. The van der Waals surface area contributed by atoms with E-state index in [-0.39, 0.29) is 32.9 Å². The first-order chi connectivity index (χ1) is 15.8. The van der Waals surface area contributed by atoms with Crippen LogP contribution >= 0.6 is 11.6 Å². The van der Waals surface area contributed by atoms with Gasteiger partial charge in [-0.25, -0.2) is 18.4 Å². The molecular formula is C21H16ClN5O5S. The fourth-order valence-corrected chi connectivity index (χ4v) is 4.16. The summed E-state index contributed by atoms with van der Waals surface area (Å²) in [6.07, 6.45) is 0. The number of ether oxygens (including phenoxy) is 1. The van der Waals surface area contributed by atoms with Gasteiger partial charge in [0.25, 0.3) is 15.7 Å². The normalized spacial score (nSPS) is 11.2. The summed E-state index contributed by atoms with van der Waals surface area (Å²) < 4.78 is 33.5. The first kappa shape index (κ1) is 22.2. The van der Waals surface area contributed by atoms with Crippen LogP contribution in [-0.2, 0) is 10.0 Å². The number of nitro benzene ring substituents is 1. The molecular weight excluding hydrogens is 470 g/mol. The number of sulfonamides is 1. The highest BCUT2D eigenvalue weighted by molar-refractivity contribution is 7.92. The zero-order chi connectivity index (χ0) is 23.6. The number of hydrogen-bond acceptors (Lipinski definition) is 8. The van der Waals surface area contributed by atoms with Gasteiger partial charge in [-0.15, -0.1) is 0 Å². The fourth-order valence-electron chi connectivity index (χ4n) is 2.97. The summed E-state index contributed by atoms with van der Waals surface area (Å²) in [5.74, 6) is 0.482. The van der Waals surface area contributed by atoms with Gasteiger partial charge in [0, 0.05) is 11.8 Å². The average Bonchev–Trinajstić information content (AvgIpc) is 2.80. The number of anilines is 3. The van der Waals surface area contributed by atoms with E-state index in [0.717, 1.165) is 0 Å². The van der Waals surface area contributed by atoms with Gasteiger partial charge in [0.1, 0.15) is 10.8 Å². The predicted octanol–water partition coefficient (Wildman–Crippen LogP) is 4.74. The molecule has 0 bridgehead atoms. The standard InChI is InChI=1S/C21H16ClN5O5S/c1-32-14-7-9-15(10-8-14)33(30,31)26-21-20(24-17-4-2-3-5-18(17)25-21)23-13-6-11-16(22)19(12-13)27(28)29/h2-12H,1H3,(H,23,24)(H,25,26). The molecule has 12 heteroatoms. The zero-order valence-electron chi connectivity index (χ0n) is 17.0. The first-order valence-electron chi connectivity index (χ1n) is 9.41. The summed E-state index contributed by atoms with van der Waals surface area (Å²) in [6.45, 7) is 0. The number of halogens is 1. The summed E-state index contributed by atoms with van der Waals surface area (Å²) in [4.78, 5) is 19.4. The number of nitrogens with one attached hydrogen (secondary N) is 2. The van der Waals surface area contributed by atoms with E-state index < -0.39 is 14.9 Å². The van der Waals surface area contributed by atoms with Crippen molar-refractivity contribution >= 4 is 55.7 Å². The predicted molar refractivity (Wildman–Crippen MR) is 125 cm³/mol. The van der Waals surface area contributed by atoms with Crippen molar-refractivity contribution in [3.05, 3.63) is 81.9 Å². The largest absolute Gasteiger partial charge is 0.497 e. The van der Waals surface area contributed by atoms with E-state index >= 15 is 0 Å². The van der Waals surface area contributed by atoms with E-state index in [0.29, 0.717) is 16.8 Å². The van der Waals surface area contributed by atoms with E-state index in [1.807, 2.05) is 0 Å². The van der Waals surface area contributed by atoms with Crippen molar-refractivity contribution in [3.63, 3.8) is 0 Å². The Morgan fingerprint density at radius 2 is 1.61 bits per heavy atom. The number of hydrogen-bond donors (Lipinski definition) is 2. The number of fused-ring (bicyclic) bond motifs is 1. The first-order valence-corrected chi connectivity index (χ1v) is 11.3. The van der Waals surface area contributed by atoms with E-state index in [4.69, 9.17) is 16.3 Å². The van der Waals surface area contributed by atoms with Crippen LogP contribution in [0, 0.1) is 10.1 Å². The van der Waals surface area contributed by atoms with Crippen LogP contribution in [0.5, 0.6) is 5.75 Å². The Balaban J connectivity index is 1.76. The van der Waals surface area contributed by atoms with E-state index in [1.165, 1.54) is 49.6 Å². The number of methoxy groups -OCH3 is 1. The molecule has 0 amide bonds. The molecule has 168 valence electrons. The zero-order valence-corrected chi connectivity index (χ0v) is 18.6. The fraction of sp³-hybridized carbons (Fsp3) is 0.0476. The van der Waals surface area contributed by atoms with E-state index in [9.17, 15) is 18.5 Å². The molecule has 1 heterocycles.